The summed E-state index contributed by atoms with van der Waals surface area (Å²) in [6.45, 7) is 1.54. The zero-order valence-corrected chi connectivity index (χ0v) is 25.7. The van der Waals surface area contributed by atoms with Crippen molar-refractivity contribution in [3.63, 3.8) is 0 Å². The molecule has 21 heteroatoms. The number of carboxylic acid groups (broad SMARTS) is 1. The van der Waals surface area contributed by atoms with Gasteiger partial charge < -0.3 is 15.7 Å². The van der Waals surface area contributed by atoms with Gasteiger partial charge in [-0.2, -0.15) is 25.3 Å². The first-order chi connectivity index (χ1) is 21.6. The van der Waals surface area contributed by atoms with Crippen molar-refractivity contribution in [1.29, 1.82) is 0 Å². The van der Waals surface area contributed by atoms with E-state index in [2.05, 4.69) is 10.6 Å². The van der Waals surface area contributed by atoms with Crippen LogP contribution in [0.3, 0.4) is 0 Å². The highest BCUT2D eigenvalue weighted by Crippen LogP contribution is 2.37. The maximum atomic E-state index is 13.4. The quantitative estimate of drug-likeness (QED) is 0.0826. The van der Waals surface area contributed by atoms with Crippen LogP contribution in [0.2, 0.25) is 0 Å². The lowest BCUT2D eigenvalue weighted by atomic mass is 10.1. The maximum Gasteiger partial charge on any atom is 0.335 e. The fraction of sp³-hybridized carbons (Fsp3) is 0.0385. The van der Waals surface area contributed by atoms with E-state index in [1.165, 1.54) is 6.07 Å². The van der Waals surface area contributed by atoms with Crippen molar-refractivity contribution in [1.82, 2.24) is 0 Å². The number of aromatic carboxylic acids is 1. The number of hydrogen-bond acceptors (Lipinski definition) is 11. The van der Waals surface area contributed by atoms with Crippen molar-refractivity contribution < 1.29 is 63.3 Å². The molecule has 0 saturated carbocycles. The number of nitrogens with one attached hydrogen (secondary N) is 2. The van der Waals surface area contributed by atoms with Crippen molar-refractivity contribution >= 4 is 76.0 Å². The summed E-state index contributed by atoms with van der Waals surface area (Å²) >= 11 is 0. The number of hydrogen-bond donors (Lipinski definition) is 6. The lowest BCUT2D eigenvalue weighted by Gasteiger charge is -2.15. The molecule has 0 aliphatic rings. The first-order valence-corrected chi connectivity index (χ1v) is 16.7. The zero-order chi connectivity index (χ0) is 35.2. The summed E-state index contributed by atoms with van der Waals surface area (Å²) in [5, 5.41) is 23.7. The highest BCUT2D eigenvalue weighted by molar-refractivity contribution is 7.87. The SMILES string of the molecule is Cc1ccc(C(=O)Nc2cc(C(=O)O)cc(C(=O)Nc3ccc(S(=O)(=O)O)c4cc(S(=O)(=O)O)cc(S(=O)(=O)O)c34)c2)c([N+](=O)[O-])c1. The highest BCUT2D eigenvalue weighted by Gasteiger charge is 2.28. The average Bonchev–Trinajstić information content (AvgIpc) is 2.94. The number of nitro benzene ring substituents is 1. The molecule has 6 N–H and O–H groups in total. The van der Waals surface area contributed by atoms with Crippen LogP contribution in [0.1, 0.15) is 36.6 Å². The van der Waals surface area contributed by atoms with E-state index in [4.69, 9.17) is 0 Å². The average molecular weight is 710 g/mol. The molecule has 0 spiro atoms. The molecule has 0 aliphatic heterocycles. The van der Waals surface area contributed by atoms with Gasteiger partial charge in [-0.25, -0.2) is 4.79 Å². The number of amides is 2. The summed E-state index contributed by atoms with van der Waals surface area (Å²) in [4.78, 5) is 45.1. The van der Waals surface area contributed by atoms with Gasteiger partial charge in [0.05, 0.1) is 21.1 Å². The molecule has 0 aromatic heterocycles. The van der Waals surface area contributed by atoms with Gasteiger partial charge in [0.15, 0.2) is 0 Å². The third-order valence-electron chi connectivity index (χ3n) is 6.41. The molecule has 4 aromatic rings. The molecule has 0 aliphatic carbocycles. The first-order valence-electron chi connectivity index (χ1n) is 12.4. The third kappa shape index (κ3) is 7.40. The van der Waals surface area contributed by atoms with Crippen LogP contribution in [0.5, 0.6) is 0 Å². The summed E-state index contributed by atoms with van der Waals surface area (Å²) < 4.78 is 101. The number of carboxylic acids is 1. The molecule has 0 heterocycles. The van der Waals surface area contributed by atoms with Crippen LogP contribution in [0.4, 0.5) is 17.1 Å². The summed E-state index contributed by atoms with van der Waals surface area (Å²) in [5.41, 5.74) is -2.56. The Kier molecular flexibility index (Phi) is 8.91. The fourth-order valence-electron chi connectivity index (χ4n) is 4.41. The van der Waals surface area contributed by atoms with Gasteiger partial charge in [0.2, 0.25) is 0 Å². The van der Waals surface area contributed by atoms with Crippen LogP contribution < -0.4 is 10.6 Å². The van der Waals surface area contributed by atoms with Crippen LogP contribution in [-0.2, 0) is 30.4 Å². The largest absolute Gasteiger partial charge is 0.478 e. The molecule has 0 saturated heterocycles. The van der Waals surface area contributed by atoms with E-state index < -0.39 is 107 Å². The Morgan fingerprint density at radius 3 is 1.89 bits per heavy atom. The topological polar surface area (TPSA) is 302 Å². The molecule has 2 amide bonds. The van der Waals surface area contributed by atoms with Gasteiger partial charge in [-0.15, -0.1) is 0 Å². The number of rotatable bonds is 9. The van der Waals surface area contributed by atoms with Gasteiger partial charge in [-0.1, -0.05) is 6.07 Å². The minimum atomic E-state index is -5.45. The number of nitro groups is 1. The first kappa shape index (κ1) is 34.6. The van der Waals surface area contributed by atoms with Crippen molar-refractivity contribution in [2.45, 2.75) is 21.6 Å². The predicted molar refractivity (Wildman–Crippen MR) is 161 cm³/mol. The minimum Gasteiger partial charge on any atom is -0.478 e. The Morgan fingerprint density at radius 2 is 1.34 bits per heavy atom. The Morgan fingerprint density at radius 1 is 0.723 bits per heavy atom. The van der Waals surface area contributed by atoms with E-state index in [1.54, 1.807) is 6.92 Å². The van der Waals surface area contributed by atoms with E-state index in [9.17, 15) is 68.5 Å². The molecule has 0 atom stereocenters. The molecule has 4 rings (SSSR count). The Hall–Kier alpha value is -5.32. The Labute approximate surface area is 264 Å². The van der Waals surface area contributed by atoms with Gasteiger partial charge in [0.25, 0.3) is 47.9 Å². The van der Waals surface area contributed by atoms with Gasteiger partial charge in [-0.05, 0) is 61.0 Å². The van der Waals surface area contributed by atoms with Crippen LogP contribution in [0.25, 0.3) is 10.8 Å². The van der Waals surface area contributed by atoms with Gasteiger partial charge in [-0.3, -0.25) is 33.4 Å². The van der Waals surface area contributed by atoms with Gasteiger partial charge in [0.1, 0.15) is 15.4 Å². The summed E-state index contributed by atoms with van der Waals surface area (Å²) in [6.07, 6.45) is 0. The zero-order valence-electron chi connectivity index (χ0n) is 23.2. The minimum absolute atomic E-state index is 0.249. The van der Waals surface area contributed by atoms with Crippen molar-refractivity contribution in [2.24, 2.45) is 0 Å². The normalized spacial score (nSPS) is 12.0. The second-order valence-corrected chi connectivity index (χ2v) is 13.9. The molecule has 0 bridgehead atoms. The summed E-state index contributed by atoms with van der Waals surface area (Å²) in [5.74, 6) is -3.87. The second kappa shape index (κ2) is 12.1. The Balaban J connectivity index is 1.87. The lowest BCUT2D eigenvalue weighted by Crippen LogP contribution is -2.17. The van der Waals surface area contributed by atoms with Crippen molar-refractivity contribution in [2.75, 3.05) is 10.6 Å². The Bertz CT molecular complexity index is 2390. The summed E-state index contributed by atoms with van der Waals surface area (Å²) in [7, 11) is -15.9. The van der Waals surface area contributed by atoms with Crippen LogP contribution in [0.15, 0.2) is 75.4 Å². The standard InChI is InChI=1S/C26H19N3O15S3/c1-12-2-3-17(20(6-12)29(34)35)25(31)27-15-8-13(7-14(9-15)26(32)33)24(30)28-19-4-5-21(46(39,40)41)18-10-16(45(36,37)38)11-22(23(18)19)47(42,43)44/h2-11H,1H3,(H,27,31)(H,28,30)(H,32,33)(H,36,37,38)(H,39,40,41)(H,42,43,44). The fourth-order valence-corrected chi connectivity index (χ4v) is 6.45. The van der Waals surface area contributed by atoms with Crippen molar-refractivity contribution in [3.05, 3.63) is 93.0 Å². The third-order valence-corrected chi connectivity index (χ3v) is 9.03. The smallest absolute Gasteiger partial charge is 0.335 e. The maximum absolute atomic E-state index is 13.4. The molecule has 4 aromatic carbocycles. The lowest BCUT2D eigenvalue weighted by molar-refractivity contribution is -0.385. The number of carbonyl (C=O) groups is 3. The van der Waals surface area contributed by atoms with Crippen molar-refractivity contribution in [3.8, 4) is 0 Å². The van der Waals surface area contributed by atoms with E-state index in [0.29, 0.717) is 17.7 Å². The van der Waals surface area contributed by atoms with E-state index in [0.717, 1.165) is 36.4 Å². The van der Waals surface area contributed by atoms with Gasteiger partial charge in [0, 0.05) is 28.1 Å². The molecule has 246 valence electrons. The van der Waals surface area contributed by atoms with Gasteiger partial charge >= 0.3 is 5.97 Å². The number of nitrogens with zero attached hydrogens (tertiary/aromatic N) is 1. The van der Waals surface area contributed by atoms with Crippen LogP contribution in [-0.4, -0.2) is 66.7 Å². The molecule has 0 unspecified atom stereocenters. The molecular weight excluding hydrogens is 690 g/mol. The highest BCUT2D eigenvalue weighted by atomic mass is 32.2. The molecule has 18 nitrogen and oxygen atoms in total. The molecule has 0 fully saturated rings. The number of aryl methyl sites for hydroxylation is 1. The molecule has 47 heavy (non-hydrogen) atoms. The second-order valence-electron chi connectivity index (χ2n) is 9.67. The molecular formula is C26H19N3O15S3. The molecule has 0 radical (unpaired) electrons. The number of benzene rings is 4. The number of carbonyl (C=O) groups excluding carboxylic acids is 2. The van der Waals surface area contributed by atoms with Crippen LogP contribution >= 0.6 is 0 Å². The van der Waals surface area contributed by atoms with E-state index in [1.807, 2.05) is 0 Å². The predicted octanol–water partition coefficient (Wildman–Crippen LogP) is 3.00. The van der Waals surface area contributed by atoms with E-state index in [-0.39, 0.29) is 11.8 Å². The monoisotopic (exact) mass is 709 g/mol. The van der Waals surface area contributed by atoms with E-state index >= 15 is 0 Å². The van der Waals surface area contributed by atoms with Crippen LogP contribution in [0, 0.1) is 17.0 Å². The summed E-state index contributed by atoms with van der Waals surface area (Å²) in [6, 6.07) is 8.43. The number of anilines is 2. The number of fused-ring (bicyclic) bond motifs is 1.